The number of hydrogen-bond acceptors (Lipinski definition) is 4. The monoisotopic (exact) mass is 402 g/mol. The van der Waals surface area contributed by atoms with Gasteiger partial charge in [0.15, 0.2) is 0 Å². The smallest absolute Gasteiger partial charge is 0.243 e. The number of rotatable bonds is 4. The minimum atomic E-state index is -3.79. The Labute approximate surface area is 156 Å². The number of fused-ring (bicyclic) bond motifs is 1. The van der Waals surface area contributed by atoms with E-state index in [1.807, 2.05) is 0 Å². The fourth-order valence-electron chi connectivity index (χ4n) is 4.65. The first-order valence-corrected chi connectivity index (χ1v) is 10.4. The van der Waals surface area contributed by atoms with E-state index in [1.165, 1.54) is 17.3 Å². The van der Waals surface area contributed by atoms with Gasteiger partial charge in [0.1, 0.15) is 5.82 Å². The maximum atomic E-state index is 13.4. The van der Waals surface area contributed by atoms with Crippen LogP contribution in [0, 0.1) is 17.7 Å². The molecule has 3 saturated heterocycles. The normalized spacial score (nSPS) is 33.4. The van der Waals surface area contributed by atoms with Gasteiger partial charge in [0.25, 0.3) is 0 Å². The largest absolute Gasteiger partial charge is 0.370 e. The molecule has 1 aromatic carbocycles. The maximum absolute atomic E-state index is 13.4. The zero-order chi connectivity index (χ0) is 18.7. The molecule has 2 bridgehead atoms. The van der Waals surface area contributed by atoms with Crippen molar-refractivity contribution in [3.63, 3.8) is 0 Å². The first-order chi connectivity index (χ1) is 12.2. The van der Waals surface area contributed by atoms with Gasteiger partial charge in [-0.25, -0.2) is 12.8 Å². The van der Waals surface area contributed by atoms with Crippen molar-refractivity contribution < 1.29 is 22.3 Å². The molecule has 3 fully saturated rings. The summed E-state index contributed by atoms with van der Waals surface area (Å²) >= 11 is 5.75. The van der Waals surface area contributed by atoms with E-state index in [-0.39, 0.29) is 40.3 Å². The summed E-state index contributed by atoms with van der Waals surface area (Å²) in [6.07, 6.45) is 1.75. The molecule has 1 N–H and O–H groups in total. The highest BCUT2D eigenvalue weighted by molar-refractivity contribution is 7.89. The molecule has 0 radical (unpaired) electrons. The summed E-state index contributed by atoms with van der Waals surface area (Å²) < 4.78 is 47.0. The summed E-state index contributed by atoms with van der Waals surface area (Å²) in [6.45, 7) is 2.57. The Hall–Kier alpha value is -1.22. The highest BCUT2D eigenvalue weighted by Crippen LogP contribution is 2.55. The lowest BCUT2D eigenvalue weighted by Crippen LogP contribution is -2.41. The van der Waals surface area contributed by atoms with Crippen LogP contribution in [0.2, 0.25) is 5.02 Å². The third kappa shape index (κ3) is 2.74. The number of sulfonamides is 1. The SMILES string of the molecule is CC(=O)NC[C@H]1[C@H]2CN(S(=O)(=O)c3ccc(F)c(Cl)c3)C[C@]23CC[C@H]1O3. The van der Waals surface area contributed by atoms with Crippen LogP contribution in [0.15, 0.2) is 23.1 Å². The Balaban J connectivity index is 1.59. The third-order valence-corrected chi connectivity index (χ3v) is 7.97. The molecule has 0 saturated carbocycles. The van der Waals surface area contributed by atoms with Gasteiger partial charge < -0.3 is 10.1 Å². The number of benzene rings is 1. The second-order valence-corrected chi connectivity index (χ2v) is 9.69. The average molecular weight is 403 g/mol. The average Bonchev–Trinajstić information content (AvgIpc) is 3.23. The molecule has 1 amide bonds. The summed E-state index contributed by atoms with van der Waals surface area (Å²) in [5, 5.41) is 2.62. The second-order valence-electron chi connectivity index (χ2n) is 7.34. The summed E-state index contributed by atoms with van der Waals surface area (Å²) in [5.41, 5.74) is -0.481. The molecule has 9 heteroatoms. The van der Waals surface area contributed by atoms with E-state index in [2.05, 4.69) is 5.32 Å². The quantitative estimate of drug-likeness (QED) is 0.833. The molecule has 0 aromatic heterocycles. The van der Waals surface area contributed by atoms with Gasteiger partial charge in [-0.2, -0.15) is 4.31 Å². The first-order valence-electron chi connectivity index (χ1n) is 8.60. The van der Waals surface area contributed by atoms with Gasteiger partial charge in [-0.05, 0) is 31.0 Å². The highest BCUT2D eigenvalue weighted by Gasteiger charge is 2.64. The summed E-state index contributed by atoms with van der Waals surface area (Å²) in [6, 6.07) is 3.44. The van der Waals surface area contributed by atoms with E-state index in [9.17, 15) is 17.6 Å². The van der Waals surface area contributed by atoms with E-state index in [0.717, 1.165) is 25.0 Å². The van der Waals surface area contributed by atoms with Crippen molar-refractivity contribution in [3.05, 3.63) is 29.0 Å². The van der Waals surface area contributed by atoms with Gasteiger partial charge in [0.2, 0.25) is 15.9 Å². The number of nitrogens with one attached hydrogen (secondary N) is 1. The topological polar surface area (TPSA) is 75.7 Å². The number of halogens is 2. The van der Waals surface area contributed by atoms with Crippen molar-refractivity contribution in [1.82, 2.24) is 9.62 Å². The number of carbonyl (C=O) groups excluding carboxylic acids is 1. The molecular weight excluding hydrogens is 383 g/mol. The lowest BCUT2D eigenvalue weighted by atomic mass is 9.73. The number of nitrogens with zero attached hydrogens (tertiary/aromatic N) is 1. The van der Waals surface area contributed by atoms with Crippen molar-refractivity contribution in [3.8, 4) is 0 Å². The van der Waals surface area contributed by atoms with Crippen LogP contribution in [0.5, 0.6) is 0 Å². The zero-order valence-corrected chi connectivity index (χ0v) is 15.8. The fraction of sp³-hybridized carbons (Fsp3) is 0.588. The number of amides is 1. The Morgan fingerprint density at radius 1 is 1.50 bits per heavy atom. The number of ether oxygens (including phenoxy) is 1. The predicted molar refractivity (Wildman–Crippen MR) is 92.7 cm³/mol. The van der Waals surface area contributed by atoms with Crippen LogP contribution in [0.3, 0.4) is 0 Å². The molecular formula is C17H20ClFN2O4S. The molecule has 6 nitrogen and oxygen atoms in total. The van der Waals surface area contributed by atoms with Crippen LogP contribution in [-0.2, 0) is 19.6 Å². The molecule has 1 aromatic rings. The zero-order valence-electron chi connectivity index (χ0n) is 14.2. The number of carbonyl (C=O) groups is 1. The Kier molecular flexibility index (Phi) is 4.30. The fourth-order valence-corrected chi connectivity index (χ4v) is 6.45. The highest BCUT2D eigenvalue weighted by atomic mass is 35.5. The van der Waals surface area contributed by atoms with E-state index in [1.54, 1.807) is 0 Å². The molecule has 0 aliphatic carbocycles. The van der Waals surface area contributed by atoms with E-state index >= 15 is 0 Å². The van der Waals surface area contributed by atoms with Gasteiger partial charge in [-0.15, -0.1) is 0 Å². The van der Waals surface area contributed by atoms with Gasteiger partial charge in [-0.1, -0.05) is 11.6 Å². The van der Waals surface area contributed by atoms with Gasteiger partial charge in [0, 0.05) is 38.4 Å². The molecule has 4 rings (SSSR count). The van der Waals surface area contributed by atoms with Crippen molar-refractivity contribution in [2.45, 2.75) is 36.4 Å². The Morgan fingerprint density at radius 2 is 2.27 bits per heavy atom. The predicted octanol–water partition coefficient (Wildman–Crippen LogP) is 1.78. The lowest BCUT2D eigenvalue weighted by molar-refractivity contribution is -0.119. The molecule has 3 aliphatic heterocycles. The second kappa shape index (κ2) is 6.15. The van der Waals surface area contributed by atoms with Crippen LogP contribution >= 0.6 is 11.6 Å². The summed E-state index contributed by atoms with van der Waals surface area (Å²) in [7, 11) is -3.79. The molecule has 0 unspecified atom stereocenters. The third-order valence-electron chi connectivity index (χ3n) is 5.87. The van der Waals surface area contributed by atoms with Crippen LogP contribution in [0.4, 0.5) is 4.39 Å². The molecule has 3 aliphatic rings. The number of hydrogen-bond donors (Lipinski definition) is 1. The molecule has 1 spiro atoms. The van der Waals surface area contributed by atoms with Crippen LogP contribution in [-0.4, -0.2) is 50.0 Å². The van der Waals surface area contributed by atoms with Crippen LogP contribution < -0.4 is 5.32 Å². The van der Waals surface area contributed by atoms with E-state index < -0.39 is 21.4 Å². The van der Waals surface area contributed by atoms with Gasteiger partial charge in [0.05, 0.1) is 21.6 Å². The van der Waals surface area contributed by atoms with E-state index in [4.69, 9.17) is 16.3 Å². The lowest BCUT2D eigenvalue weighted by Gasteiger charge is -2.29. The van der Waals surface area contributed by atoms with E-state index in [0.29, 0.717) is 13.1 Å². The van der Waals surface area contributed by atoms with Crippen molar-refractivity contribution in [2.24, 2.45) is 11.8 Å². The van der Waals surface area contributed by atoms with Crippen molar-refractivity contribution >= 4 is 27.5 Å². The van der Waals surface area contributed by atoms with Gasteiger partial charge in [-0.3, -0.25) is 4.79 Å². The summed E-state index contributed by atoms with van der Waals surface area (Å²) in [4.78, 5) is 11.2. The molecule has 142 valence electrons. The standard InChI is InChI=1S/C17H20ClFN2O4S/c1-10(22)20-7-12-13-8-21(9-17(13)5-4-16(12)25-17)26(23,24)11-2-3-15(19)14(18)6-11/h2-3,6,12-13,16H,4-5,7-9H2,1H3,(H,20,22)/t12-,13+,16+,17+/m0/s1. The van der Waals surface area contributed by atoms with Crippen molar-refractivity contribution in [2.75, 3.05) is 19.6 Å². The van der Waals surface area contributed by atoms with Crippen LogP contribution in [0.1, 0.15) is 19.8 Å². The Morgan fingerprint density at radius 3 is 2.96 bits per heavy atom. The van der Waals surface area contributed by atoms with Crippen LogP contribution in [0.25, 0.3) is 0 Å². The van der Waals surface area contributed by atoms with Gasteiger partial charge >= 0.3 is 0 Å². The summed E-state index contributed by atoms with van der Waals surface area (Å²) in [5.74, 6) is -0.617. The minimum Gasteiger partial charge on any atom is -0.370 e. The maximum Gasteiger partial charge on any atom is 0.243 e. The molecule has 3 heterocycles. The van der Waals surface area contributed by atoms with Crippen molar-refractivity contribution in [1.29, 1.82) is 0 Å². The molecule has 26 heavy (non-hydrogen) atoms. The first kappa shape index (κ1) is 18.2. The minimum absolute atomic E-state index is 0.0202. The Bertz CT molecular complexity index is 864. The molecule has 4 atom stereocenters.